The number of nitrogens with one attached hydrogen (secondary N) is 1. The second-order valence-electron chi connectivity index (χ2n) is 6.77. The number of carbonyl (C=O) groups excluding carboxylic acids is 1. The number of nitrogens with zero attached hydrogens (tertiary/aromatic N) is 2. The van der Waals surface area contributed by atoms with Gasteiger partial charge in [-0.15, -0.1) is 0 Å². The Kier molecular flexibility index (Phi) is 5.19. The second-order valence-corrected chi connectivity index (χ2v) is 7.64. The van der Waals surface area contributed by atoms with Crippen LogP contribution in [0.15, 0.2) is 48.7 Å². The van der Waals surface area contributed by atoms with Crippen LogP contribution in [0.5, 0.6) is 0 Å². The summed E-state index contributed by atoms with van der Waals surface area (Å²) in [7, 11) is 0. The molecule has 0 aliphatic carbocycles. The fraction of sp³-hybridized carbons (Fsp3) is 0.238. The molecule has 0 saturated carbocycles. The van der Waals surface area contributed by atoms with Gasteiger partial charge < -0.3 is 9.88 Å². The molecule has 2 heterocycles. The zero-order chi connectivity index (χ0) is 18.8. The summed E-state index contributed by atoms with van der Waals surface area (Å²) in [5, 5.41) is 4.02. The molecule has 6 heteroatoms. The van der Waals surface area contributed by atoms with Crippen molar-refractivity contribution in [3.05, 3.63) is 75.7 Å². The van der Waals surface area contributed by atoms with Gasteiger partial charge in [-0.3, -0.25) is 4.79 Å². The van der Waals surface area contributed by atoms with Gasteiger partial charge in [-0.05, 0) is 41.8 Å². The van der Waals surface area contributed by atoms with E-state index in [2.05, 4.69) is 28.2 Å². The first-order chi connectivity index (χ1) is 13.1. The van der Waals surface area contributed by atoms with Crippen molar-refractivity contribution in [1.29, 1.82) is 0 Å². The van der Waals surface area contributed by atoms with E-state index in [4.69, 9.17) is 28.2 Å². The molecular formula is C21H19Cl2N3O. The molecule has 0 unspecified atom stereocenters. The summed E-state index contributed by atoms with van der Waals surface area (Å²) < 4.78 is 2.22. The van der Waals surface area contributed by atoms with Gasteiger partial charge in [0, 0.05) is 41.3 Å². The van der Waals surface area contributed by atoms with E-state index in [1.165, 1.54) is 6.42 Å². The Labute approximate surface area is 168 Å². The fourth-order valence-corrected chi connectivity index (χ4v) is 3.97. The van der Waals surface area contributed by atoms with Gasteiger partial charge in [0.15, 0.2) is 0 Å². The van der Waals surface area contributed by atoms with E-state index in [1.807, 2.05) is 12.1 Å². The smallest absolute Gasteiger partial charge is 0.224 e. The normalized spacial score (nSPS) is 12.8. The summed E-state index contributed by atoms with van der Waals surface area (Å²) in [5.41, 5.74) is 3.90. The number of fused-ring (bicyclic) bond motifs is 1. The number of rotatable bonds is 5. The highest BCUT2D eigenvalue weighted by atomic mass is 35.5. The lowest BCUT2D eigenvalue weighted by molar-refractivity contribution is -0.120. The lowest BCUT2D eigenvalue weighted by atomic mass is 10.1. The molecule has 0 bridgehead atoms. The Morgan fingerprint density at radius 3 is 2.70 bits per heavy atom. The van der Waals surface area contributed by atoms with Gasteiger partial charge in [0.1, 0.15) is 5.82 Å². The molecule has 1 aliphatic rings. The number of halogens is 2. The quantitative estimate of drug-likeness (QED) is 0.677. The highest BCUT2D eigenvalue weighted by molar-refractivity contribution is 6.34. The van der Waals surface area contributed by atoms with Crippen molar-refractivity contribution in [2.45, 2.75) is 32.4 Å². The predicted molar refractivity (Wildman–Crippen MR) is 108 cm³/mol. The van der Waals surface area contributed by atoms with Gasteiger partial charge in [0.2, 0.25) is 5.91 Å². The molecule has 3 aromatic rings. The van der Waals surface area contributed by atoms with E-state index >= 15 is 0 Å². The number of imidazole rings is 1. The van der Waals surface area contributed by atoms with E-state index in [1.54, 1.807) is 18.2 Å². The van der Waals surface area contributed by atoms with Crippen molar-refractivity contribution in [2.24, 2.45) is 0 Å². The molecule has 4 nitrogen and oxygen atoms in total. The van der Waals surface area contributed by atoms with E-state index < -0.39 is 0 Å². The molecule has 27 heavy (non-hydrogen) atoms. The minimum Gasteiger partial charge on any atom is -0.352 e. The van der Waals surface area contributed by atoms with E-state index in [-0.39, 0.29) is 12.3 Å². The monoisotopic (exact) mass is 399 g/mol. The molecule has 0 radical (unpaired) electrons. The summed E-state index contributed by atoms with van der Waals surface area (Å²) in [6.07, 6.45) is 4.58. The molecule has 4 rings (SSSR count). The van der Waals surface area contributed by atoms with Crippen LogP contribution in [-0.4, -0.2) is 15.5 Å². The molecular weight excluding hydrogens is 381 g/mol. The molecule has 1 aliphatic heterocycles. The van der Waals surface area contributed by atoms with Crippen LogP contribution in [0.4, 0.5) is 0 Å². The Balaban J connectivity index is 1.40. The molecule has 2 aromatic carbocycles. The summed E-state index contributed by atoms with van der Waals surface area (Å²) in [6.45, 7) is 1.51. The number of carbonyl (C=O) groups is 1. The predicted octanol–water partition coefficient (Wildman–Crippen LogP) is 4.66. The second kappa shape index (κ2) is 7.75. The summed E-state index contributed by atoms with van der Waals surface area (Å²) in [4.78, 5) is 17.0. The van der Waals surface area contributed by atoms with Crippen molar-refractivity contribution < 1.29 is 4.79 Å². The summed E-state index contributed by atoms with van der Waals surface area (Å²) >= 11 is 12.0. The van der Waals surface area contributed by atoms with Crippen molar-refractivity contribution in [3.63, 3.8) is 0 Å². The topological polar surface area (TPSA) is 46.9 Å². The van der Waals surface area contributed by atoms with Crippen LogP contribution >= 0.6 is 23.2 Å². The first-order valence-corrected chi connectivity index (χ1v) is 9.69. The number of hydrogen-bond donors (Lipinski definition) is 1. The lowest BCUT2D eigenvalue weighted by Crippen LogP contribution is -2.24. The average Bonchev–Trinajstić information content (AvgIpc) is 3.21. The Morgan fingerprint density at radius 1 is 1.11 bits per heavy atom. The van der Waals surface area contributed by atoms with Gasteiger partial charge in [-0.25, -0.2) is 4.98 Å². The minimum atomic E-state index is -0.0697. The van der Waals surface area contributed by atoms with Crippen molar-refractivity contribution in [2.75, 3.05) is 0 Å². The third kappa shape index (κ3) is 4.34. The minimum absolute atomic E-state index is 0.0697. The maximum absolute atomic E-state index is 12.2. The number of aryl methyl sites for hydroxylation is 2. The molecule has 0 saturated heterocycles. The highest BCUT2D eigenvalue weighted by Crippen LogP contribution is 2.24. The molecule has 1 amide bonds. The molecule has 0 fully saturated rings. The average molecular weight is 400 g/mol. The lowest BCUT2D eigenvalue weighted by Gasteiger charge is -2.08. The van der Waals surface area contributed by atoms with E-state index in [0.29, 0.717) is 16.6 Å². The van der Waals surface area contributed by atoms with Gasteiger partial charge >= 0.3 is 0 Å². The maximum Gasteiger partial charge on any atom is 0.224 e. The first-order valence-electron chi connectivity index (χ1n) is 8.94. The van der Waals surface area contributed by atoms with Crippen molar-refractivity contribution >= 4 is 29.1 Å². The summed E-state index contributed by atoms with van der Waals surface area (Å²) in [5.74, 6) is 1.09. The zero-order valence-corrected chi connectivity index (χ0v) is 16.2. The van der Waals surface area contributed by atoms with Crippen LogP contribution in [0, 0.1) is 0 Å². The van der Waals surface area contributed by atoms with E-state index in [9.17, 15) is 4.79 Å². The SMILES string of the molecule is O=C(Cc1cc(Cl)cc(Cl)c1)NCc1cccc(-c2cn3c(n2)CCC3)c1. The Morgan fingerprint density at radius 2 is 1.93 bits per heavy atom. The van der Waals surface area contributed by atoms with Crippen LogP contribution in [0.3, 0.4) is 0 Å². The molecule has 0 atom stereocenters. The number of amides is 1. The van der Waals surface area contributed by atoms with E-state index in [0.717, 1.165) is 41.2 Å². The van der Waals surface area contributed by atoms with Crippen LogP contribution in [-0.2, 0) is 30.7 Å². The third-order valence-electron chi connectivity index (χ3n) is 4.66. The number of aromatic nitrogens is 2. The van der Waals surface area contributed by atoms with Crippen LogP contribution < -0.4 is 5.32 Å². The number of hydrogen-bond acceptors (Lipinski definition) is 2. The van der Waals surface area contributed by atoms with Gasteiger partial charge in [-0.2, -0.15) is 0 Å². The largest absolute Gasteiger partial charge is 0.352 e. The van der Waals surface area contributed by atoms with Gasteiger partial charge in [-0.1, -0.05) is 41.4 Å². The number of benzene rings is 2. The van der Waals surface area contributed by atoms with Crippen LogP contribution in [0.2, 0.25) is 10.0 Å². The van der Waals surface area contributed by atoms with Crippen LogP contribution in [0.1, 0.15) is 23.4 Å². The molecule has 1 aromatic heterocycles. The van der Waals surface area contributed by atoms with Gasteiger partial charge in [0.05, 0.1) is 12.1 Å². The third-order valence-corrected chi connectivity index (χ3v) is 5.09. The summed E-state index contributed by atoms with van der Waals surface area (Å²) in [6, 6.07) is 13.3. The fourth-order valence-electron chi connectivity index (χ4n) is 3.40. The van der Waals surface area contributed by atoms with Crippen molar-refractivity contribution in [3.8, 4) is 11.3 Å². The van der Waals surface area contributed by atoms with Gasteiger partial charge in [0.25, 0.3) is 0 Å². The van der Waals surface area contributed by atoms with Crippen LogP contribution in [0.25, 0.3) is 11.3 Å². The zero-order valence-electron chi connectivity index (χ0n) is 14.7. The molecule has 138 valence electrons. The Hall–Kier alpha value is -2.30. The molecule has 0 spiro atoms. The molecule has 1 N–H and O–H groups in total. The standard InChI is InChI=1S/C21H19Cl2N3O/c22-17-8-15(9-18(23)11-17)10-21(27)24-12-14-3-1-4-16(7-14)19-13-26-6-2-5-20(26)25-19/h1,3-4,7-9,11,13H,2,5-6,10,12H2,(H,24,27). The maximum atomic E-state index is 12.2. The van der Waals surface area contributed by atoms with Crippen molar-refractivity contribution in [1.82, 2.24) is 14.9 Å². The highest BCUT2D eigenvalue weighted by Gasteiger charge is 2.14. The first kappa shape index (κ1) is 18.1. The Bertz CT molecular complexity index is 955.